The molecule has 1 aromatic heterocycles. The largest absolute Gasteiger partial charge is 0.509 e. The minimum Gasteiger partial charge on any atom is -0.422 e. The first-order valence-corrected chi connectivity index (χ1v) is 3.07. The van der Waals surface area contributed by atoms with Crippen LogP contribution in [0.25, 0.3) is 0 Å². The molecule has 1 rings (SSSR count). The van der Waals surface area contributed by atoms with Gasteiger partial charge in [-0.2, -0.15) is 5.10 Å². The molecule has 0 bridgehead atoms. The number of rotatable bonds is 1. The average Bonchev–Trinajstić information content (AvgIpc) is 2.14. The van der Waals surface area contributed by atoms with Crippen molar-refractivity contribution in [1.29, 1.82) is 0 Å². The van der Waals surface area contributed by atoms with Gasteiger partial charge in [-0.1, -0.05) is 11.6 Å². The topological polar surface area (TPSA) is 69.1 Å². The summed E-state index contributed by atoms with van der Waals surface area (Å²) in [4.78, 5) is 0. The molecule has 0 saturated heterocycles. The number of nitrogens with zero attached hydrogens (tertiary/aromatic N) is 1. The van der Waals surface area contributed by atoms with Crippen LogP contribution in [0.15, 0.2) is 0 Å². The normalized spacial score (nSPS) is 10.0. The SMILES string of the molecule is Cc1n[nH]c(B(O)O)c1Cl. The Labute approximate surface area is 63.0 Å². The molecule has 0 fully saturated rings. The lowest BCUT2D eigenvalue weighted by Crippen LogP contribution is -2.31. The smallest absolute Gasteiger partial charge is 0.422 e. The Kier molecular flexibility index (Phi) is 1.98. The fourth-order valence-electron chi connectivity index (χ4n) is 0.608. The van der Waals surface area contributed by atoms with Crippen LogP contribution < -0.4 is 5.59 Å². The third-order valence-corrected chi connectivity index (χ3v) is 1.63. The predicted molar refractivity (Wildman–Crippen MR) is 38.2 cm³/mol. The predicted octanol–water partition coefficient (Wildman–Crippen LogP) is -0.949. The summed E-state index contributed by atoms with van der Waals surface area (Å²) in [6.45, 7) is 1.67. The van der Waals surface area contributed by atoms with Gasteiger partial charge in [0.15, 0.2) is 0 Å². The number of hydrogen-bond acceptors (Lipinski definition) is 3. The van der Waals surface area contributed by atoms with Gasteiger partial charge in [0.2, 0.25) is 0 Å². The van der Waals surface area contributed by atoms with Gasteiger partial charge < -0.3 is 10.0 Å². The highest BCUT2D eigenvalue weighted by Crippen LogP contribution is 2.07. The second kappa shape index (κ2) is 2.61. The number of aromatic nitrogens is 2. The van der Waals surface area contributed by atoms with E-state index in [4.69, 9.17) is 21.6 Å². The van der Waals surface area contributed by atoms with E-state index in [-0.39, 0.29) is 10.6 Å². The first-order chi connectivity index (χ1) is 4.63. The van der Waals surface area contributed by atoms with Crippen LogP contribution in [0.1, 0.15) is 5.69 Å². The monoisotopic (exact) mass is 160 g/mol. The molecule has 0 aliphatic rings. The number of nitrogens with one attached hydrogen (secondary N) is 1. The molecule has 0 saturated carbocycles. The van der Waals surface area contributed by atoms with Gasteiger partial charge in [0, 0.05) is 0 Å². The molecule has 0 atom stereocenters. The van der Waals surface area contributed by atoms with Gasteiger partial charge in [-0.15, -0.1) is 0 Å². The molecule has 0 aliphatic carbocycles. The summed E-state index contributed by atoms with van der Waals surface area (Å²) in [7, 11) is -1.58. The first-order valence-electron chi connectivity index (χ1n) is 2.69. The standard InChI is InChI=1S/C4H6BClN2O2/c1-2-3(6)4(5(9)10)8-7-2/h9-10H,1H3,(H,7,8). The van der Waals surface area contributed by atoms with Crippen molar-refractivity contribution in [3.05, 3.63) is 10.7 Å². The van der Waals surface area contributed by atoms with Crippen LogP contribution >= 0.6 is 11.6 Å². The average molecular weight is 160 g/mol. The molecule has 3 N–H and O–H groups in total. The summed E-state index contributed by atoms with van der Waals surface area (Å²) in [6, 6.07) is 0. The third kappa shape index (κ3) is 1.16. The quantitative estimate of drug-likeness (QED) is 0.464. The van der Waals surface area contributed by atoms with Gasteiger partial charge >= 0.3 is 7.12 Å². The fraction of sp³-hybridized carbons (Fsp3) is 0.250. The Morgan fingerprint density at radius 2 is 2.20 bits per heavy atom. The second-order valence-corrected chi connectivity index (χ2v) is 2.29. The van der Waals surface area contributed by atoms with Crippen molar-refractivity contribution in [2.24, 2.45) is 0 Å². The van der Waals surface area contributed by atoms with Crippen molar-refractivity contribution in [2.75, 3.05) is 0 Å². The Morgan fingerprint density at radius 3 is 2.40 bits per heavy atom. The molecular weight excluding hydrogens is 154 g/mol. The summed E-state index contributed by atoms with van der Waals surface area (Å²) in [5.41, 5.74) is 0.698. The molecule has 0 aliphatic heterocycles. The fourth-order valence-corrected chi connectivity index (χ4v) is 0.790. The van der Waals surface area contributed by atoms with Crippen LogP contribution in [0, 0.1) is 6.92 Å². The highest BCUT2D eigenvalue weighted by atomic mass is 35.5. The van der Waals surface area contributed by atoms with Crippen molar-refractivity contribution in [3.63, 3.8) is 0 Å². The maximum atomic E-state index is 8.62. The number of halogens is 1. The molecule has 10 heavy (non-hydrogen) atoms. The number of hydrogen-bond donors (Lipinski definition) is 3. The van der Waals surface area contributed by atoms with Crippen LogP contribution in [-0.2, 0) is 0 Å². The number of H-pyrrole nitrogens is 1. The Bertz CT molecular complexity index is 237. The minimum absolute atomic E-state index is 0.138. The molecule has 54 valence electrons. The molecule has 0 radical (unpaired) electrons. The van der Waals surface area contributed by atoms with Crippen LogP contribution in [0.4, 0.5) is 0 Å². The van der Waals surface area contributed by atoms with Crippen LogP contribution in [0.5, 0.6) is 0 Å². The van der Waals surface area contributed by atoms with E-state index >= 15 is 0 Å². The lowest BCUT2D eigenvalue weighted by molar-refractivity contribution is 0.424. The van der Waals surface area contributed by atoms with E-state index in [0.29, 0.717) is 5.69 Å². The molecular formula is C4H6BClN2O2. The molecule has 1 heterocycles. The first kappa shape index (κ1) is 7.59. The molecule has 4 nitrogen and oxygen atoms in total. The Morgan fingerprint density at radius 1 is 1.60 bits per heavy atom. The zero-order chi connectivity index (χ0) is 7.72. The van der Waals surface area contributed by atoms with Crippen molar-refractivity contribution in [2.45, 2.75) is 6.92 Å². The molecule has 6 heteroatoms. The lowest BCUT2D eigenvalue weighted by atomic mass is 9.86. The molecule has 0 spiro atoms. The van der Waals surface area contributed by atoms with E-state index in [9.17, 15) is 0 Å². The summed E-state index contributed by atoms with van der Waals surface area (Å²) in [5, 5.41) is 23.6. The van der Waals surface area contributed by atoms with E-state index in [0.717, 1.165) is 0 Å². The van der Waals surface area contributed by atoms with E-state index in [2.05, 4.69) is 10.2 Å². The van der Waals surface area contributed by atoms with Gasteiger partial charge in [-0.25, -0.2) is 0 Å². The highest BCUT2D eigenvalue weighted by molar-refractivity contribution is 6.61. The second-order valence-electron chi connectivity index (χ2n) is 1.91. The lowest BCUT2D eigenvalue weighted by Gasteiger charge is -1.91. The van der Waals surface area contributed by atoms with Crippen molar-refractivity contribution in [1.82, 2.24) is 10.2 Å². The number of aryl methyl sites for hydroxylation is 1. The Hall–Kier alpha value is -0.515. The van der Waals surface area contributed by atoms with Crippen LogP contribution in [-0.4, -0.2) is 27.4 Å². The van der Waals surface area contributed by atoms with E-state index in [1.165, 1.54) is 0 Å². The highest BCUT2D eigenvalue weighted by Gasteiger charge is 2.18. The zero-order valence-corrected chi connectivity index (χ0v) is 6.05. The Balaban J connectivity index is 3.05. The van der Waals surface area contributed by atoms with Gasteiger partial charge in [-0.3, -0.25) is 5.10 Å². The van der Waals surface area contributed by atoms with Crippen LogP contribution in [0.2, 0.25) is 5.02 Å². The maximum absolute atomic E-state index is 8.62. The molecule has 0 aromatic carbocycles. The zero-order valence-electron chi connectivity index (χ0n) is 5.30. The summed E-state index contributed by atoms with van der Waals surface area (Å²) in [6.07, 6.45) is 0. The van der Waals surface area contributed by atoms with Gasteiger partial charge in [0.05, 0.1) is 16.3 Å². The molecule has 1 aromatic rings. The van der Waals surface area contributed by atoms with Gasteiger partial charge in [0.1, 0.15) is 0 Å². The summed E-state index contributed by atoms with van der Waals surface area (Å²) in [5.74, 6) is 0. The third-order valence-electron chi connectivity index (χ3n) is 1.16. The number of aromatic amines is 1. The maximum Gasteiger partial charge on any atom is 0.509 e. The van der Waals surface area contributed by atoms with Crippen molar-refractivity contribution in [3.8, 4) is 0 Å². The molecule has 0 unspecified atom stereocenters. The van der Waals surface area contributed by atoms with E-state index in [1.54, 1.807) is 6.92 Å². The van der Waals surface area contributed by atoms with Crippen molar-refractivity contribution >= 4 is 24.3 Å². The van der Waals surface area contributed by atoms with E-state index in [1.807, 2.05) is 0 Å². The minimum atomic E-state index is -1.58. The summed E-state index contributed by atoms with van der Waals surface area (Å²) >= 11 is 5.59. The van der Waals surface area contributed by atoms with Gasteiger partial charge in [0.25, 0.3) is 0 Å². The van der Waals surface area contributed by atoms with Gasteiger partial charge in [-0.05, 0) is 6.92 Å². The van der Waals surface area contributed by atoms with E-state index < -0.39 is 7.12 Å². The summed E-state index contributed by atoms with van der Waals surface area (Å²) < 4.78 is 0. The van der Waals surface area contributed by atoms with Crippen molar-refractivity contribution < 1.29 is 10.0 Å². The van der Waals surface area contributed by atoms with Crippen LogP contribution in [0.3, 0.4) is 0 Å². The molecule has 0 amide bonds.